The fourth-order valence-corrected chi connectivity index (χ4v) is 2.20. The molecule has 1 saturated heterocycles. The van der Waals surface area contributed by atoms with E-state index in [4.69, 9.17) is 4.74 Å². The van der Waals surface area contributed by atoms with Crippen LogP contribution in [0.2, 0.25) is 0 Å². The molecule has 1 aliphatic heterocycles. The summed E-state index contributed by atoms with van der Waals surface area (Å²) in [5, 5.41) is 6.22. The summed E-state index contributed by atoms with van der Waals surface area (Å²) in [4.78, 5) is 12.2. The fourth-order valence-electron chi connectivity index (χ4n) is 2.20. The highest BCUT2D eigenvalue weighted by Crippen LogP contribution is 2.26. The first kappa shape index (κ1) is 16.0. The quantitative estimate of drug-likeness (QED) is 0.891. The van der Waals surface area contributed by atoms with Crippen LogP contribution in [0.1, 0.15) is 18.9 Å². The number of halogens is 1. The Morgan fingerprint density at radius 2 is 2.32 bits per heavy atom. The number of methoxy groups -OCH3 is 1. The van der Waals surface area contributed by atoms with Crippen molar-refractivity contribution in [3.05, 3.63) is 29.8 Å². The molecule has 19 heavy (non-hydrogen) atoms. The highest BCUT2D eigenvalue weighted by Gasteiger charge is 2.36. The van der Waals surface area contributed by atoms with Gasteiger partial charge in [0.15, 0.2) is 0 Å². The third-order valence-corrected chi connectivity index (χ3v) is 3.41. The molecule has 1 aliphatic rings. The molecular formula is C14H21ClN2O2. The Kier molecular flexibility index (Phi) is 5.79. The summed E-state index contributed by atoms with van der Waals surface area (Å²) in [7, 11) is 1.66. The number of ether oxygens (including phenoxy) is 1. The Morgan fingerprint density at radius 1 is 1.53 bits per heavy atom. The zero-order valence-electron chi connectivity index (χ0n) is 11.4. The molecule has 0 saturated carbocycles. The largest absolute Gasteiger partial charge is 0.380 e. The van der Waals surface area contributed by atoms with Gasteiger partial charge < -0.3 is 15.4 Å². The van der Waals surface area contributed by atoms with Gasteiger partial charge in [0.1, 0.15) is 0 Å². The molecule has 1 atom stereocenters. The molecule has 4 nitrogen and oxygen atoms in total. The molecule has 1 unspecified atom stereocenters. The Hall–Kier alpha value is -1.10. The van der Waals surface area contributed by atoms with E-state index in [0.717, 1.165) is 30.8 Å². The summed E-state index contributed by atoms with van der Waals surface area (Å²) in [6.45, 7) is 4.22. The number of anilines is 1. The lowest BCUT2D eigenvalue weighted by atomic mass is 9.88. The van der Waals surface area contributed by atoms with E-state index in [1.165, 1.54) is 0 Å². The molecule has 0 spiro atoms. The van der Waals surface area contributed by atoms with Gasteiger partial charge >= 0.3 is 0 Å². The molecule has 0 aromatic heterocycles. The molecule has 2 rings (SSSR count). The van der Waals surface area contributed by atoms with E-state index in [9.17, 15) is 4.79 Å². The highest BCUT2D eigenvalue weighted by atomic mass is 35.5. The number of nitrogens with one attached hydrogen (secondary N) is 2. The lowest BCUT2D eigenvalue weighted by Crippen LogP contribution is -2.35. The average Bonchev–Trinajstić information content (AvgIpc) is 2.78. The number of amides is 1. The van der Waals surface area contributed by atoms with Gasteiger partial charge in [0, 0.05) is 19.3 Å². The average molecular weight is 285 g/mol. The minimum atomic E-state index is -0.294. The topological polar surface area (TPSA) is 50.4 Å². The first-order chi connectivity index (χ1) is 8.64. The molecule has 2 N–H and O–H groups in total. The summed E-state index contributed by atoms with van der Waals surface area (Å²) in [6, 6.07) is 7.77. The molecule has 1 aromatic carbocycles. The first-order valence-electron chi connectivity index (χ1n) is 6.24. The van der Waals surface area contributed by atoms with E-state index in [1.807, 2.05) is 31.2 Å². The molecule has 5 heteroatoms. The summed E-state index contributed by atoms with van der Waals surface area (Å²) < 4.78 is 5.08. The third kappa shape index (κ3) is 3.93. The van der Waals surface area contributed by atoms with Crippen molar-refractivity contribution in [1.29, 1.82) is 0 Å². The molecule has 0 bridgehead atoms. The maximum atomic E-state index is 12.2. The highest BCUT2D eigenvalue weighted by molar-refractivity contribution is 5.95. The monoisotopic (exact) mass is 284 g/mol. The van der Waals surface area contributed by atoms with Gasteiger partial charge in [-0.15, -0.1) is 12.4 Å². The van der Waals surface area contributed by atoms with Crippen LogP contribution < -0.4 is 10.6 Å². The molecule has 0 aliphatic carbocycles. The number of benzene rings is 1. The Morgan fingerprint density at radius 3 is 2.95 bits per heavy atom. The Bertz CT molecular complexity index is 431. The first-order valence-corrected chi connectivity index (χ1v) is 6.24. The van der Waals surface area contributed by atoms with Crippen LogP contribution in [0.15, 0.2) is 24.3 Å². The van der Waals surface area contributed by atoms with Crippen LogP contribution in [0.4, 0.5) is 5.69 Å². The summed E-state index contributed by atoms with van der Waals surface area (Å²) >= 11 is 0. The minimum Gasteiger partial charge on any atom is -0.380 e. The SMILES string of the molecule is COCc1cccc(NC(=O)C2(C)CCNC2)c1.Cl. The normalized spacial score (nSPS) is 21.8. The van der Waals surface area contributed by atoms with Crippen molar-refractivity contribution in [1.82, 2.24) is 5.32 Å². The van der Waals surface area contributed by atoms with Gasteiger partial charge in [-0.2, -0.15) is 0 Å². The Labute approximate surface area is 120 Å². The molecule has 1 heterocycles. The standard InChI is InChI=1S/C14H20N2O2.ClH/c1-14(6-7-15-10-14)13(17)16-12-5-3-4-11(8-12)9-18-2;/h3-5,8,15H,6-7,9-10H2,1-2H3,(H,16,17);1H. The van der Waals surface area contributed by atoms with E-state index in [-0.39, 0.29) is 23.7 Å². The smallest absolute Gasteiger partial charge is 0.231 e. The maximum absolute atomic E-state index is 12.2. The van der Waals surface area contributed by atoms with Gasteiger partial charge in [-0.25, -0.2) is 0 Å². The van der Waals surface area contributed by atoms with Crippen molar-refractivity contribution in [2.75, 3.05) is 25.5 Å². The van der Waals surface area contributed by atoms with E-state index < -0.39 is 0 Å². The van der Waals surface area contributed by atoms with Crippen LogP contribution >= 0.6 is 12.4 Å². The van der Waals surface area contributed by atoms with Gasteiger partial charge in [-0.05, 0) is 37.6 Å². The van der Waals surface area contributed by atoms with E-state index in [1.54, 1.807) is 7.11 Å². The predicted molar refractivity (Wildman–Crippen MR) is 78.6 cm³/mol. The number of carbonyl (C=O) groups excluding carboxylic acids is 1. The molecule has 106 valence electrons. The molecular weight excluding hydrogens is 264 g/mol. The number of hydrogen-bond acceptors (Lipinski definition) is 3. The second-order valence-electron chi connectivity index (χ2n) is 5.07. The zero-order chi connectivity index (χ0) is 13.0. The maximum Gasteiger partial charge on any atom is 0.231 e. The van der Waals surface area contributed by atoms with Gasteiger partial charge in [-0.3, -0.25) is 4.79 Å². The number of rotatable bonds is 4. The van der Waals surface area contributed by atoms with Gasteiger partial charge in [-0.1, -0.05) is 12.1 Å². The van der Waals surface area contributed by atoms with Crippen LogP contribution in [0.25, 0.3) is 0 Å². The van der Waals surface area contributed by atoms with Crippen LogP contribution in [-0.4, -0.2) is 26.1 Å². The van der Waals surface area contributed by atoms with Crippen molar-refractivity contribution < 1.29 is 9.53 Å². The van der Waals surface area contributed by atoms with E-state index >= 15 is 0 Å². The minimum absolute atomic E-state index is 0. The van der Waals surface area contributed by atoms with Crippen LogP contribution in [-0.2, 0) is 16.1 Å². The lowest BCUT2D eigenvalue weighted by Gasteiger charge is -2.21. The van der Waals surface area contributed by atoms with Crippen LogP contribution in [0.3, 0.4) is 0 Å². The lowest BCUT2D eigenvalue weighted by molar-refractivity contribution is -0.123. The molecule has 1 aromatic rings. The molecule has 1 amide bonds. The van der Waals surface area contributed by atoms with E-state index in [0.29, 0.717) is 6.61 Å². The van der Waals surface area contributed by atoms with Crippen molar-refractivity contribution in [3.63, 3.8) is 0 Å². The number of carbonyl (C=O) groups is 1. The van der Waals surface area contributed by atoms with Crippen LogP contribution in [0.5, 0.6) is 0 Å². The Balaban J connectivity index is 0.00000180. The summed E-state index contributed by atoms with van der Waals surface area (Å²) in [5.74, 6) is 0.0852. The van der Waals surface area contributed by atoms with Crippen molar-refractivity contribution in [2.45, 2.75) is 20.0 Å². The van der Waals surface area contributed by atoms with Crippen molar-refractivity contribution in [3.8, 4) is 0 Å². The fraction of sp³-hybridized carbons (Fsp3) is 0.500. The summed E-state index contributed by atoms with van der Waals surface area (Å²) in [5.41, 5.74) is 1.60. The third-order valence-electron chi connectivity index (χ3n) is 3.41. The molecule has 1 fully saturated rings. The number of hydrogen-bond donors (Lipinski definition) is 2. The van der Waals surface area contributed by atoms with Gasteiger partial charge in [0.05, 0.1) is 12.0 Å². The van der Waals surface area contributed by atoms with Gasteiger partial charge in [0.25, 0.3) is 0 Å². The zero-order valence-corrected chi connectivity index (χ0v) is 12.2. The van der Waals surface area contributed by atoms with Crippen molar-refractivity contribution in [2.24, 2.45) is 5.41 Å². The molecule has 0 radical (unpaired) electrons. The summed E-state index contributed by atoms with van der Waals surface area (Å²) in [6.07, 6.45) is 0.886. The predicted octanol–water partition coefficient (Wildman–Crippen LogP) is 2.19. The second-order valence-corrected chi connectivity index (χ2v) is 5.07. The van der Waals surface area contributed by atoms with Crippen LogP contribution in [0, 0.1) is 5.41 Å². The van der Waals surface area contributed by atoms with E-state index in [2.05, 4.69) is 10.6 Å². The van der Waals surface area contributed by atoms with Gasteiger partial charge in [0.2, 0.25) is 5.91 Å². The van der Waals surface area contributed by atoms with Crippen molar-refractivity contribution >= 4 is 24.0 Å². The second kappa shape index (κ2) is 6.89.